The highest BCUT2D eigenvalue weighted by atomic mass is 16.3. The number of hydrogen-bond acceptors (Lipinski definition) is 2. The molecule has 0 heterocycles. The molecular weight excluding hydrogens is 176 g/mol. The van der Waals surface area contributed by atoms with Crippen molar-refractivity contribution in [3.63, 3.8) is 0 Å². The molecular formula is C12H22O2. The molecule has 0 amide bonds. The van der Waals surface area contributed by atoms with E-state index in [-0.39, 0.29) is 11.5 Å². The fourth-order valence-electron chi connectivity index (χ4n) is 3.62. The Morgan fingerprint density at radius 3 is 2.43 bits per heavy atom. The number of rotatable bonds is 0. The van der Waals surface area contributed by atoms with Crippen LogP contribution in [0.5, 0.6) is 0 Å². The molecule has 14 heavy (non-hydrogen) atoms. The van der Waals surface area contributed by atoms with Gasteiger partial charge in [0.15, 0.2) is 0 Å². The molecule has 82 valence electrons. The molecule has 0 bridgehead atoms. The molecule has 2 rings (SSSR count). The monoisotopic (exact) mass is 198 g/mol. The quantitative estimate of drug-likeness (QED) is 0.625. The highest BCUT2D eigenvalue weighted by Crippen LogP contribution is 2.55. The lowest BCUT2D eigenvalue weighted by atomic mass is 9.53. The molecule has 0 aromatic carbocycles. The average Bonchev–Trinajstić information content (AvgIpc) is 2.16. The van der Waals surface area contributed by atoms with Crippen molar-refractivity contribution in [2.45, 2.75) is 64.1 Å². The first-order chi connectivity index (χ1) is 6.51. The summed E-state index contributed by atoms with van der Waals surface area (Å²) in [6.07, 6.45) is 5.65. The SMILES string of the molecule is CC1CCC(O)C2(C)CCCCC12O. The minimum atomic E-state index is -0.608. The van der Waals surface area contributed by atoms with Gasteiger partial charge in [-0.15, -0.1) is 0 Å². The Bertz CT molecular complexity index is 204. The number of aliphatic hydroxyl groups excluding tert-OH is 1. The summed E-state index contributed by atoms with van der Waals surface area (Å²) in [6, 6.07) is 0. The first kappa shape index (κ1) is 10.4. The van der Waals surface area contributed by atoms with Crippen LogP contribution >= 0.6 is 0 Å². The van der Waals surface area contributed by atoms with Gasteiger partial charge in [-0.05, 0) is 31.6 Å². The normalized spacial score (nSPS) is 54.0. The second-order valence-electron chi connectivity index (χ2n) is 5.54. The first-order valence-corrected chi connectivity index (χ1v) is 5.91. The highest BCUT2D eigenvalue weighted by Gasteiger charge is 2.57. The zero-order valence-corrected chi connectivity index (χ0v) is 9.29. The summed E-state index contributed by atoms with van der Waals surface area (Å²) in [6.45, 7) is 4.21. The second-order valence-corrected chi connectivity index (χ2v) is 5.54. The van der Waals surface area contributed by atoms with E-state index < -0.39 is 5.60 Å². The van der Waals surface area contributed by atoms with Crippen molar-refractivity contribution in [1.82, 2.24) is 0 Å². The van der Waals surface area contributed by atoms with Crippen molar-refractivity contribution in [3.8, 4) is 0 Å². The van der Waals surface area contributed by atoms with Crippen molar-refractivity contribution in [1.29, 1.82) is 0 Å². The van der Waals surface area contributed by atoms with Crippen molar-refractivity contribution in [2.75, 3.05) is 0 Å². The molecule has 4 unspecified atom stereocenters. The molecule has 2 fully saturated rings. The molecule has 0 aromatic rings. The van der Waals surface area contributed by atoms with Crippen LogP contribution in [0.25, 0.3) is 0 Å². The van der Waals surface area contributed by atoms with E-state index in [0.717, 1.165) is 38.5 Å². The Morgan fingerprint density at radius 2 is 1.79 bits per heavy atom. The molecule has 0 aliphatic heterocycles. The van der Waals surface area contributed by atoms with E-state index in [1.54, 1.807) is 0 Å². The Hall–Kier alpha value is -0.0800. The maximum Gasteiger partial charge on any atom is 0.0751 e. The van der Waals surface area contributed by atoms with E-state index in [0.29, 0.717) is 5.92 Å². The third kappa shape index (κ3) is 1.17. The molecule has 2 N–H and O–H groups in total. The number of hydrogen-bond donors (Lipinski definition) is 2. The maximum absolute atomic E-state index is 10.7. The van der Waals surface area contributed by atoms with Gasteiger partial charge in [0.25, 0.3) is 0 Å². The van der Waals surface area contributed by atoms with Crippen LogP contribution in [-0.2, 0) is 0 Å². The van der Waals surface area contributed by atoms with Gasteiger partial charge in [0.1, 0.15) is 0 Å². The predicted molar refractivity (Wildman–Crippen MR) is 55.9 cm³/mol. The van der Waals surface area contributed by atoms with Crippen molar-refractivity contribution in [3.05, 3.63) is 0 Å². The Kier molecular flexibility index (Phi) is 2.39. The fourth-order valence-corrected chi connectivity index (χ4v) is 3.62. The summed E-state index contributed by atoms with van der Waals surface area (Å²) in [5, 5.41) is 20.8. The summed E-state index contributed by atoms with van der Waals surface area (Å²) in [5.41, 5.74) is -0.855. The summed E-state index contributed by atoms with van der Waals surface area (Å²) < 4.78 is 0. The van der Waals surface area contributed by atoms with E-state index in [4.69, 9.17) is 0 Å². The van der Waals surface area contributed by atoms with Gasteiger partial charge in [0, 0.05) is 5.41 Å². The van der Waals surface area contributed by atoms with E-state index >= 15 is 0 Å². The van der Waals surface area contributed by atoms with Crippen LogP contribution in [0.2, 0.25) is 0 Å². The van der Waals surface area contributed by atoms with Gasteiger partial charge in [-0.1, -0.05) is 26.7 Å². The van der Waals surface area contributed by atoms with Crippen LogP contribution in [0, 0.1) is 11.3 Å². The number of fused-ring (bicyclic) bond motifs is 1. The first-order valence-electron chi connectivity index (χ1n) is 5.91. The van der Waals surface area contributed by atoms with Crippen LogP contribution in [0.15, 0.2) is 0 Å². The summed E-state index contributed by atoms with van der Waals surface area (Å²) in [5.74, 6) is 0.344. The highest BCUT2D eigenvalue weighted by molar-refractivity contribution is 5.08. The second kappa shape index (κ2) is 3.21. The lowest BCUT2D eigenvalue weighted by Crippen LogP contribution is -2.61. The third-order valence-electron chi connectivity index (χ3n) is 4.92. The van der Waals surface area contributed by atoms with Crippen LogP contribution in [0.4, 0.5) is 0 Å². The Labute approximate surface area is 86.3 Å². The van der Waals surface area contributed by atoms with Gasteiger partial charge >= 0.3 is 0 Å². The lowest BCUT2D eigenvalue weighted by Gasteiger charge is -2.57. The van der Waals surface area contributed by atoms with Crippen molar-refractivity contribution < 1.29 is 10.2 Å². The Balaban J connectivity index is 2.33. The summed E-state index contributed by atoms with van der Waals surface area (Å²) >= 11 is 0. The average molecular weight is 198 g/mol. The molecule has 2 aliphatic rings. The van der Waals surface area contributed by atoms with E-state index in [1.807, 2.05) is 0 Å². The summed E-state index contributed by atoms with van der Waals surface area (Å²) in [7, 11) is 0. The minimum Gasteiger partial charge on any atom is -0.392 e. The largest absolute Gasteiger partial charge is 0.392 e. The molecule has 0 saturated heterocycles. The van der Waals surface area contributed by atoms with Crippen LogP contribution in [0.3, 0.4) is 0 Å². The predicted octanol–water partition coefficient (Wildman–Crippen LogP) is 2.09. The molecule has 0 spiro atoms. The zero-order chi connectivity index (χ0) is 10.4. The van der Waals surface area contributed by atoms with Crippen LogP contribution in [-0.4, -0.2) is 21.9 Å². The van der Waals surface area contributed by atoms with Gasteiger partial charge in [0.05, 0.1) is 11.7 Å². The van der Waals surface area contributed by atoms with Gasteiger partial charge in [-0.3, -0.25) is 0 Å². The standard InChI is InChI=1S/C12H22O2/c1-9-5-6-10(13)11(2)7-3-4-8-12(9,11)14/h9-10,13-14H,3-8H2,1-2H3. The van der Waals surface area contributed by atoms with Crippen molar-refractivity contribution in [2.24, 2.45) is 11.3 Å². The van der Waals surface area contributed by atoms with E-state index in [1.165, 1.54) is 0 Å². The topological polar surface area (TPSA) is 40.5 Å². The molecule has 0 radical (unpaired) electrons. The van der Waals surface area contributed by atoms with Crippen LogP contribution < -0.4 is 0 Å². The van der Waals surface area contributed by atoms with E-state index in [9.17, 15) is 10.2 Å². The van der Waals surface area contributed by atoms with Gasteiger partial charge in [-0.2, -0.15) is 0 Å². The molecule has 2 heteroatoms. The molecule has 2 saturated carbocycles. The maximum atomic E-state index is 10.7. The third-order valence-corrected chi connectivity index (χ3v) is 4.92. The minimum absolute atomic E-state index is 0.247. The smallest absolute Gasteiger partial charge is 0.0751 e. The van der Waals surface area contributed by atoms with Crippen LogP contribution in [0.1, 0.15) is 52.4 Å². The van der Waals surface area contributed by atoms with Gasteiger partial charge in [0.2, 0.25) is 0 Å². The van der Waals surface area contributed by atoms with Gasteiger partial charge < -0.3 is 10.2 Å². The van der Waals surface area contributed by atoms with E-state index in [2.05, 4.69) is 13.8 Å². The van der Waals surface area contributed by atoms with Gasteiger partial charge in [-0.25, -0.2) is 0 Å². The van der Waals surface area contributed by atoms with Crippen molar-refractivity contribution >= 4 is 0 Å². The molecule has 4 atom stereocenters. The zero-order valence-electron chi connectivity index (χ0n) is 9.29. The number of aliphatic hydroxyl groups is 2. The lowest BCUT2D eigenvalue weighted by molar-refractivity contribution is -0.210. The molecule has 2 nitrogen and oxygen atoms in total. The Morgan fingerprint density at radius 1 is 1.14 bits per heavy atom. The fraction of sp³-hybridized carbons (Fsp3) is 1.00. The molecule has 2 aliphatic carbocycles. The molecule has 0 aromatic heterocycles. The summed E-state index contributed by atoms with van der Waals surface area (Å²) in [4.78, 5) is 0.